The summed E-state index contributed by atoms with van der Waals surface area (Å²) in [4.78, 5) is 0. The minimum atomic E-state index is -1.49. The van der Waals surface area contributed by atoms with Gasteiger partial charge in [-0.15, -0.1) is 0 Å². The van der Waals surface area contributed by atoms with Crippen LogP contribution in [0.15, 0.2) is 0 Å². The minimum Gasteiger partial charge on any atom is -0.392 e. The molecule has 62 heavy (non-hydrogen) atoms. The lowest BCUT2D eigenvalue weighted by Crippen LogP contribution is -2.06. The Bertz CT molecular complexity index is 372. The van der Waals surface area contributed by atoms with Crippen LogP contribution in [0, 0.1) is 0 Å². The van der Waals surface area contributed by atoms with E-state index < -0.39 is 70.5 Å². The molecule has 0 aliphatic carbocycles. The van der Waals surface area contributed by atoms with Gasteiger partial charge in [-0.2, -0.15) is 0 Å². The highest BCUT2D eigenvalue weighted by molar-refractivity contribution is 6.69. The largest absolute Gasteiger partial charge is 0.392 e. The van der Waals surface area contributed by atoms with Crippen LogP contribution in [0.1, 0.15) is 0 Å². The van der Waals surface area contributed by atoms with Crippen LogP contribution in [0.25, 0.3) is 0 Å². The fraction of sp³-hybridized carbons (Fsp3) is 1.00. The summed E-state index contributed by atoms with van der Waals surface area (Å²) in [6, 6.07) is 0. The zero-order valence-electron chi connectivity index (χ0n) is 26.7. The number of aliphatic hydroxyl groups is 1. The topological polar surface area (TPSA) is 20.2 Å². The van der Waals surface area contributed by atoms with E-state index in [2.05, 4.69) is 0 Å². The highest BCUT2D eigenvalue weighted by Crippen LogP contribution is 2.24. The number of aliphatic hydroxyl groups excluding tert-OH is 1. The van der Waals surface area contributed by atoms with E-state index in [1.165, 1.54) is 0 Å². The maximum absolute atomic E-state index is 8.01. The van der Waals surface area contributed by atoms with Gasteiger partial charge < -0.3 is 5.11 Å². The lowest BCUT2D eigenvalue weighted by atomic mass is 10.9. The molecule has 46 heteroatoms. The summed E-state index contributed by atoms with van der Waals surface area (Å²) in [5.41, 5.74) is 0. The predicted octanol–water partition coefficient (Wildman–Crippen LogP) is 29.2. The molecule has 0 aromatic carbocycles. The standard InChI is InChI=1S/C2H3Cl3O.14CHCl3/c3-2(4,5)1-6;14*2-1(3)4/h6H,1H2;14*1H. The Hall–Kier alpha value is 13.0. The Morgan fingerprint density at radius 3 is 0.194 bits per heavy atom. The molecule has 0 unspecified atom stereocenters. The molecule has 0 bridgehead atoms. The predicted molar refractivity (Wildman–Crippen MR) is 326 cm³/mol. The van der Waals surface area contributed by atoms with E-state index in [0.29, 0.717) is 0 Å². The summed E-state index contributed by atoms with van der Waals surface area (Å²) < 4.78 is -12.0. The SMILES string of the molecule is ClC(Cl)Cl.ClC(Cl)Cl.ClC(Cl)Cl.ClC(Cl)Cl.ClC(Cl)Cl.ClC(Cl)Cl.ClC(Cl)Cl.ClC(Cl)Cl.ClC(Cl)Cl.ClC(Cl)Cl.ClC(Cl)Cl.ClC(Cl)Cl.ClC(Cl)Cl.ClC(Cl)Cl.OCC(Cl)(Cl)Cl. The van der Waals surface area contributed by atoms with Gasteiger partial charge in [0, 0.05) is 0 Å². The number of halogens is 45. The third kappa shape index (κ3) is 1480. The van der Waals surface area contributed by atoms with Crippen LogP contribution >= 0.6 is 522 Å². The molecule has 0 amide bonds. The van der Waals surface area contributed by atoms with E-state index in [1.54, 1.807) is 0 Å². The van der Waals surface area contributed by atoms with E-state index in [9.17, 15) is 0 Å². The monoisotopic (exact) mass is 1800 g/mol. The van der Waals surface area contributed by atoms with Gasteiger partial charge in [0.1, 0.15) is 0 Å². The Kier molecular flexibility index (Phi) is 189. The van der Waals surface area contributed by atoms with Crippen molar-refractivity contribution in [3.63, 3.8) is 0 Å². The molecule has 0 radical (unpaired) electrons. The van der Waals surface area contributed by atoms with Crippen molar-refractivity contribution >= 4 is 522 Å². The van der Waals surface area contributed by atoms with E-state index in [-0.39, 0.29) is 0 Å². The smallest absolute Gasteiger partial charge is 0.213 e. The van der Waals surface area contributed by atoms with Crippen molar-refractivity contribution in [3.05, 3.63) is 0 Å². The average Bonchev–Trinajstić information content (AvgIpc) is 2.83. The summed E-state index contributed by atoms with van der Waals surface area (Å²) in [5.74, 6) is 0. The average molecular weight is 1820 g/mol. The Labute approximate surface area is 587 Å². The lowest BCUT2D eigenvalue weighted by molar-refractivity contribution is 0.303. The van der Waals surface area contributed by atoms with Crippen LogP contribution in [0.2, 0.25) is 0 Å². The lowest BCUT2D eigenvalue weighted by Gasteiger charge is -2.01. The number of hydrogen-bond acceptors (Lipinski definition) is 1. The van der Waals surface area contributed by atoms with Crippen LogP contribution in [0.5, 0.6) is 0 Å². The quantitative estimate of drug-likeness (QED) is 0.240. The molecule has 0 spiro atoms. The van der Waals surface area contributed by atoms with Gasteiger partial charge in [-0.1, -0.05) is 522 Å². The van der Waals surface area contributed by atoms with Gasteiger partial charge in [0.05, 0.1) is 6.61 Å². The van der Waals surface area contributed by atoms with Gasteiger partial charge in [-0.05, 0) is 0 Å². The van der Waals surface area contributed by atoms with E-state index in [0.717, 1.165) is 0 Å². The van der Waals surface area contributed by atoms with Crippen LogP contribution in [0.3, 0.4) is 0 Å². The first-order valence-electron chi connectivity index (χ1n) is 10.4. The number of hydrogen-bond donors (Lipinski definition) is 1. The zero-order chi connectivity index (χ0) is 55.3. The number of alkyl halides is 45. The van der Waals surface area contributed by atoms with E-state index in [1.807, 2.05) is 0 Å². The third-order valence-electron chi connectivity index (χ3n) is 0.179. The number of rotatable bonds is 0. The Morgan fingerprint density at radius 2 is 0.194 bits per heavy atom. The summed E-state index contributed by atoms with van der Waals surface area (Å²) in [7, 11) is 0. The molecule has 1 nitrogen and oxygen atoms in total. The zero-order valence-corrected chi connectivity index (χ0v) is 60.8. The second-order valence-corrected chi connectivity index (χ2v) is 34.5. The molecule has 1 N–H and O–H groups in total. The van der Waals surface area contributed by atoms with E-state index >= 15 is 0 Å². The summed E-state index contributed by atoms with van der Waals surface area (Å²) >= 11 is 217. The van der Waals surface area contributed by atoms with Crippen LogP contribution in [-0.4, -0.2) is 75.6 Å². The van der Waals surface area contributed by atoms with Crippen molar-refractivity contribution < 1.29 is 5.11 Å². The van der Waals surface area contributed by atoms with Crippen molar-refractivity contribution in [3.8, 4) is 0 Å². The van der Waals surface area contributed by atoms with Crippen LogP contribution in [-0.2, 0) is 0 Å². The third-order valence-corrected chi connectivity index (χ3v) is 0.538. The molecule has 402 valence electrons. The molecular formula is C16H17Cl45O. The second-order valence-electron chi connectivity index (χ2n) is 4.24. The molecular weight excluding hydrogens is 1800 g/mol. The van der Waals surface area contributed by atoms with Crippen LogP contribution in [0.4, 0.5) is 0 Å². The first kappa shape index (κ1) is 114. The molecule has 0 saturated heterocycles. The maximum atomic E-state index is 8.01. The Balaban J connectivity index is -0.0000000294. The van der Waals surface area contributed by atoms with E-state index in [4.69, 9.17) is 527 Å². The molecule has 0 fully saturated rings. The normalized spacial score (nSPS) is 9.29. The van der Waals surface area contributed by atoms with Gasteiger partial charge in [0.15, 0.2) is 60.1 Å². The Morgan fingerprint density at radius 1 is 0.177 bits per heavy atom. The highest BCUT2D eigenvalue weighted by atomic mass is 35.6. The fourth-order valence-corrected chi connectivity index (χ4v) is 0. The summed E-state index contributed by atoms with van der Waals surface area (Å²) in [6.45, 7) is -0.433. The van der Waals surface area contributed by atoms with Crippen molar-refractivity contribution in [1.29, 1.82) is 0 Å². The van der Waals surface area contributed by atoms with Gasteiger partial charge in [-0.25, -0.2) is 0 Å². The van der Waals surface area contributed by atoms with Crippen LogP contribution < -0.4 is 0 Å². The molecule has 0 aromatic heterocycles. The molecule has 0 aliphatic rings. The van der Waals surface area contributed by atoms with Crippen molar-refractivity contribution in [2.24, 2.45) is 0 Å². The fourth-order valence-electron chi connectivity index (χ4n) is 0. The van der Waals surface area contributed by atoms with Crippen molar-refractivity contribution in [1.82, 2.24) is 0 Å². The van der Waals surface area contributed by atoms with Crippen molar-refractivity contribution in [2.75, 3.05) is 6.61 Å². The molecule has 0 aliphatic heterocycles. The second kappa shape index (κ2) is 103. The molecule has 0 atom stereocenters. The van der Waals surface area contributed by atoms with Gasteiger partial charge >= 0.3 is 0 Å². The molecule has 0 aromatic rings. The summed E-state index contributed by atoms with van der Waals surface area (Å²) in [6.07, 6.45) is 0. The first-order chi connectivity index (χ1) is 26.8. The van der Waals surface area contributed by atoms with Gasteiger partial charge in [-0.3, -0.25) is 0 Å². The molecule has 0 saturated carbocycles. The highest BCUT2D eigenvalue weighted by Gasteiger charge is 2.16. The van der Waals surface area contributed by atoms with Gasteiger partial charge in [0.25, 0.3) is 0 Å². The van der Waals surface area contributed by atoms with Gasteiger partial charge in [0.2, 0.25) is 3.79 Å². The summed E-state index contributed by atoms with van der Waals surface area (Å²) in [5, 5.41) is 8.01. The maximum Gasteiger partial charge on any atom is 0.213 e. The molecule has 0 heterocycles. The first-order valence-corrected chi connectivity index (χ1v) is 29.9. The minimum absolute atomic E-state index is 0.433. The molecule has 0 rings (SSSR count). The van der Waals surface area contributed by atoms with Crippen molar-refractivity contribution in [2.45, 2.75) is 63.9 Å².